The van der Waals surface area contributed by atoms with Crippen LogP contribution < -0.4 is 4.57 Å². The van der Waals surface area contributed by atoms with E-state index in [0.717, 1.165) is 44.3 Å². The smallest absolute Gasteiger partial charge is 0.200 e. The molecule has 1 nitrogen and oxygen atoms in total. The highest BCUT2D eigenvalue weighted by molar-refractivity contribution is 5.94. The largest absolute Gasteiger partial charge is 0.220 e. The summed E-state index contributed by atoms with van der Waals surface area (Å²) in [5.41, 5.74) is 6.00. The number of hydrogen-bond donors (Lipinski definition) is 0. The van der Waals surface area contributed by atoms with Crippen LogP contribution in [-0.2, 0) is 7.05 Å². The van der Waals surface area contributed by atoms with Crippen molar-refractivity contribution >= 4 is 10.8 Å². The van der Waals surface area contributed by atoms with Crippen molar-refractivity contribution in [1.82, 2.24) is 0 Å². The standard InChI is InChI=1S/C22H26N/c1-14(2)18-7-8-20-19(13-18)9-10-23(6)22(20)21-12-15(3)11-16(4)17(21)5/h7-14H,1-6H3/q+1/i9D,10D,12D. The Bertz CT molecular complexity index is 1010. The summed E-state index contributed by atoms with van der Waals surface area (Å²) >= 11 is 0. The Kier molecular flexibility index (Phi) is 3.10. The van der Waals surface area contributed by atoms with Crippen molar-refractivity contribution in [2.45, 2.75) is 40.5 Å². The zero-order chi connectivity index (χ0) is 19.3. The Labute approximate surface area is 143 Å². The van der Waals surface area contributed by atoms with E-state index in [2.05, 4.69) is 26.8 Å². The van der Waals surface area contributed by atoms with Crippen molar-refractivity contribution in [1.29, 1.82) is 0 Å². The van der Waals surface area contributed by atoms with Gasteiger partial charge in [0.25, 0.3) is 0 Å². The van der Waals surface area contributed by atoms with E-state index in [0.29, 0.717) is 12.0 Å². The van der Waals surface area contributed by atoms with Crippen LogP contribution in [-0.4, -0.2) is 0 Å². The van der Waals surface area contributed by atoms with Crippen LogP contribution in [0.2, 0.25) is 0 Å². The maximum atomic E-state index is 8.66. The first-order valence-electron chi connectivity index (χ1n) is 9.65. The normalized spacial score (nSPS) is 13.3. The third-order valence-electron chi connectivity index (χ3n) is 4.62. The lowest BCUT2D eigenvalue weighted by Crippen LogP contribution is -2.30. The maximum absolute atomic E-state index is 8.66. The van der Waals surface area contributed by atoms with Crippen LogP contribution in [0.15, 0.2) is 42.5 Å². The molecule has 0 N–H and O–H groups in total. The maximum Gasteiger partial charge on any atom is 0.220 e. The Hall–Kier alpha value is -2.15. The summed E-state index contributed by atoms with van der Waals surface area (Å²) < 4.78 is 27.3. The minimum absolute atomic E-state index is 0.173. The first kappa shape index (κ1) is 12.3. The van der Waals surface area contributed by atoms with E-state index in [1.165, 1.54) is 0 Å². The number of aromatic nitrogens is 1. The number of aryl methyl sites for hydroxylation is 2. The molecule has 118 valence electrons. The minimum Gasteiger partial charge on any atom is -0.200 e. The van der Waals surface area contributed by atoms with Crippen LogP contribution in [0.1, 0.15) is 46.1 Å². The van der Waals surface area contributed by atoms with Gasteiger partial charge in [-0.05, 0) is 60.9 Å². The summed E-state index contributed by atoms with van der Waals surface area (Å²) in [5, 5.41) is 1.71. The summed E-state index contributed by atoms with van der Waals surface area (Å²) in [6, 6.07) is 8.96. The minimum atomic E-state index is 0.173. The average molecular weight is 307 g/mol. The molecule has 0 saturated carbocycles. The van der Waals surface area contributed by atoms with Crippen molar-refractivity contribution < 1.29 is 8.68 Å². The second-order valence-electron chi connectivity index (χ2n) is 6.74. The number of hydrogen-bond acceptors (Lipinski definition) is 0. The average Bonchev–Trinajstić information content (AvgIpc) is 2.60. The number of nitrogens with zero attached hydrogens (tertiary/aromatic N) is 1. The molecule has 0 aliphatic rings. The molecular formula is C22H26N+. The molecule has 3 rings (SSSR count). The highest BCUT2D eigenvalue weighted by atomic mass is 14.9. The molecule has 0 saturated heterocycles. The molecule has 1 aromatic heterocycles. The monoisotopic (exact) mass is 307 g/mol. The number of rotatable bonds is 2. The molecule has 0 amide bonds. The molecule has 0 bridgehead atoms. The SMILES string of the molecule is [2H]c1c(C)cc(C)c(C)c1-c1c2ccc(C(C)C)cc2c([2H])c([2H])[n+]1C. The highest BCUT2D eigenvalue weighted by Crippen LogP contribution is 2.31. The van der Waals surface area contributed by atoms with Gasteiger partial charge < -0.3 is 0 Å². The van der Waals surface area contributed by atoms with E-state index in [1.807, 2.05) is 39.1 Å². The van der Waals surface area contributed by atoms with Crippen LogP contribution >= 0.6 is 0 Å². The lowest BCUT2D eigenvalue weighted by molar-refractivity contribution is -0.659. The fourth-order valence-corrected chi connectivity index (χ4v) is 3.11. The molecular weight excluding hydrogens is 278 g/mol. The van der Waals surface area contributed by atoms with Gasteiger partial charge in [0.15, 0.2) is 6.17 Å². The Morgan fingerprint density at radius 1 is 1.09 bits per heavy atom. The van der Waals surface area contributed by atoms with E-state index in [1.54, 1.807) is 4.57 Å². The van der Waals surface area contributed by atoms with Crippen molar-refractivity contribution in [2.24, 2.45) is 7.05 Å². The molecule has 2 aromatic carbocycles. The number of benzene rings is 2. The zero-order valence-electron chi connectivity index (χ0n) is 17.8. The molecule has 0 aliphatic heterocycles. The van der Waals surface area contributed by atoms with E-state index in [9.17, 15) is 0 Å². The van der Waals surface area contributed by atoms with E-state index >= 15 is 0 Å². The number of pyridine rings is 1. The van der Waals surface area contributed by atoms with Crippen molar-refractivity contribution in [3.05, 3.63) is 64.8 Å². The summed E-state index contributed by atoms with van der Waals surface area (Å²) in [5.74, 6) is 0.361. The first-order chi connectivity index (χ1) is 12.1. The molecule has 0 unspecified atom stereocenters. The summed E-state index contributed by atoms with van der Waals surface area (Å²) in [4.78, 5) is 0. The Balaban J connectivity index is 2.53. The van der Waals surface area contributed by atoms with Crippen LogP contribution in [0.25, 0.3) is 22.0 Å². The molecule has 0 radical (unpaired) electrons. The zero-order valence-corrected chi connectivity index (χ0v) is 14.8. The predicted octanol–water partition coefficient (Wildman–Crippen LogP) is 5.38. The molecule has 0 fully saturated rings. The first-order valence-corrected chi connectivity index (χ1v) is 8.15. The molecule has 1 heteroatoms. The second kappa shape index (κ2) is 5.81. The van der Waals surface area contributed by atoms with Crippen molar-refractivity contribution in [3.63, 3.8) is 0 Å². The van der Waals surface area contributed by atoms with Gasteiger partial charge in [-0.3, -0.25) is 0 Å². The van der Waals surface area contributed by atoms with Gasteiger partial charge in [0.1, 0.15) is 8.42 Å². The van der Waals surface area contributed by atoms with Crippen LogP contribution in [0.5, 0.6) is 0 Å². The lowest BCUT2D eigenvalue weighted by atomic mass is 9.93. The van der Waals surface area contributed by atoms with Crippen LogP contribution in [0, 0.1) is 20.8 Å². The molecule has 23 heavy (non-hydrogen) atoms. The molecule has 0 atom stereocenters. The van der Waals surface area contributed by atoms with Crippen molar-refractivity contribution in [3.8, 4) is 11.3 Å². The third kappa shape index (κ3) is 2.76. The molecule has 0 aliphatic carbocycles. The number of fused-ring (bicyclic) bond motifs is 1. The summed E-state index contributed by atoms with van der Waals surface area (Å²) in [6.07, 6.45) is 0.173. The predicted molar refractivity (Wildman–Crippen MR) is 98.9 cm³/mol. The molecule has 3 aromatic rings. The van der Waals surface area contributed by atoms with E-state index < -0.39 is 0 Å². The summed E-state index contributed by atoms with van der Waals surface area (Å²) in [6.45, 7) is 10.3. The Morgan fingerprint density at radius 2 is 1.83 bits per heavy atom. The topological polar surface area (TPSA) is 3.88 Å². The van der Waals surface area contributed by atoms with Crippen LogP contribution in [0.4, 0.5) is 0 Å². The van der Waals surface area contributed by atoms with Crippen LogP contribution in [0.3, 0.4) is 0 Å². The van der Waals surface area contributed by atoms with Gasteiger partial charge in [0, 0.05) is 6.04 Å². The summed E-state index contributed by atoms with van der Waals surface area (Å²) in [7, 11) is 1.82. The van der Waals surface area contributed by atoms with Gasteiger partial charge in [-0.2, -0.15) is 0 Å². The Morgan fingerprint density at radius 3 is 2.52 bits per heavy atom. The van der Waals surface area contributed by atoms with Gasteiger partial charge in [-0.25, -0.2) is 4.57 Å². The van der Waals surface area contributed by atoms with Gasteiger partial charge >= 0.3 is 0 Å². The second-order valence-corrected chi connectivity index (χ2v) is 6.74. The third-order valence-corrected chi connectivity index (χ3v) is 4.62. The molecule has 1 heterocycles. The quantitative estimate of drug-likeness (QED) is 0.560. The van der Waals surface area contributed by atoms with Gasteiger partial charge in [-0.1, -0.05) is 37.6 Å². The van der Waals surface area contributed by atoms with Gasteiger partial charge in [0.05, 0.1) is 13.7 Å². The van der Waals surface area contributed by atoms with E-state index in [-0.39, 0.29) is 12.2 Å². The van der Waals surface area contributed by atoms with Gasteiger partial charge in [-0.15, -0.1) is 0 Å². The van der Waals surface area contributed by atoms with E-state index in [4.69, 9.17) is 4.11 Å². The van der Waals surface area contributed by atoms with Gasteiger partial charge in [0.2, 0.25) is 5.69 Å². The fourth-order valence-electron chi connectivity index (χ4n) is 3.11. The highest BCUT2D eigenvalue weighted by Gasteiger charge is 2.18. The van der Waals surface area contributed by atoms with Crippen molar-refractivity contribution in [2.75, 3.05) is 0 Å². The molecule has 0 spiro atoms. The lowest BCUT2D eigenvalue weighted by Gasteiger charge is -2.12. The fraction of sp³-hybridized carbons (Fsp3) is 0.318.